The number of anilines is 1. The Morgan fingerprint density at radius 2 is 1.83 bits per heavy atom. The van der Waals surface area contributed by atoms with Gasteiger partial charge in [-0.1, -0.05) is 12.1 Å². The molecule has 6 heteroatoms. The van der Waals surface area contributed by atoms with Crippen molar-refractivity contribution < 1.29 is 9.59 Å². The summed E-state index contributed by atoms with van der Waals surface area (Å²) < 4.78 is 2.23. The molecule has 3 heterocycles. The second-order valence-corrected chi connectivity index (χ2v) is 8.75. The molecule has 5 nitrogen and oxygen atoms in total. The van der Waals surface area contributed by atoms with Crippen LogP contribution in [0, 0.1) is 0 Å². The summed E-state index contributed by atoms with van der Waals surface area (Å²) in [6, 6.07) is 16.0. The van der Waals surface area contributed by atoms with Crippen molar-refractivity contribution in [3.05, 3.63) is 76.7 Å². The molecule has 0 unspecified atom stereocenters. The number of likely N-dealkylation sites (tertiary alicyclic amines) is 1. The Balaban J connectivity index is 1.28. The minimum Gasteiger partial charge on any atom is -0.351 e. The third-order valence-corrected chi connectivity index (χ3v) is 6.54. The molecule has 1 aliphatic rings. The molecule has 0 saturated carbocycles. The maximum Gasteiger partial charge on any atom is 0.253 e. The number of aryl methyl sites for hydroxylation is 1. The average molecular weight is 422 g/mol. The van der Waals surface area contributed by atoms with Gasteiger partial charge in [0.1, 0.15) is 0 Å². The molecule has 1 saturated heterocycles. The summed E-state index contributed by atoms with van der Waals surface area (Å²) in [7, 11) is 0. The highest BCUT2D eigenvalue weighted by atomic mass is 32.1. The summed E-state index contributed by atoms with van der Waals surface area (Å²) in [4.78, 5) is 28.4. The minimum atomic E-state index is -0.0105. The number of amides is 2. The average Bonchev–Trinajstić information content (AvgIpc) is 3.48. The van der Waals surface area contributed by atoms with Gasteiger partial charge in [-0.05, 0) is 67.5 Å². The van der Waals surface area contributed by atoms with E-state index in [-0.39, 0.29) is 11.8 Å². The van der Waals surface area contributed by atoms with Crippen LogP contribution in [0.3, 0.4) is 0 Å². The van der Waals surface area contributed by atoms with E-state index in [1.807, 2.05) is 41.3 Å². The van der Waals surface area contributed by atoms with E-state index in [0.717, 1.165) is 38.8 Å². The van der Waals surface area contributed by atoms with Gasteiger partial charge in [0.2, 0.25) is 5.91 Å². The molecule has 0 bridgehead atoms. The molecule has 0 aliphatic carbocycles. The smallest absolute Gasteiger partial charge is 0.253 e. The number of carbonyl (C=O) groups is 2. The van der Waals surface area contributed by atoms with Crippen molar-refractivity contribution >= 4 is 28.8 Å². The van der Waals surface area contributed by atoms with Gasteiger partial charge in [-0.25, -0.2) is 0 Å². The first kappa shape index (κ1) is 20.4. The summed E-state index contributed by atoms with van der Waals surface area (Å²) in [5.41, 5.74) is 1.31. The molecular weight excluding hydrogens is 394 g/mol. The van der Waals surface area contributed by atoms with Gasteiger partial charge >= 0.3 is 0 Å². The Kier molecular flexibility index (Phi) is 6.64. The van der Waals surface area contributed by atoms with Crippen molar-refractivity contribution in [1.82, 2.24) is 9.47 Å². The van der Waals surface area contributed by atoms with E-state index in [4.69, 9.17) is 0 Å². The van der Waals surface area contributed by atoms with E-state index in [2.05, 4.69) is 33.7 Å². The zero-order valence-corrected chi connectivity index (χ0v) is 17.8. The van der Waals surface area contributed by atoms with Crippen molar-refractivity contribution in [1.29, 1.82) is 0 Å². The summed E-state index contributed by atoms with van der Waals surface area (Å²) in [6.07, 6.45) is 8.32. The van der Waals surface area contributed by atoms with Gasteiger partial charge in [-0.15, -0.1) is 11.3 Å². The van der Waals surface area contributed by atoms with Crippen LogP contribution in [0.1, 0.15) is 47.0 Å². The Bertz CT molecular complexity index is 958. The first-order valence-electron chi connectivity index (χ1n) is 10.5. The first-order valence-corrected chi connectivity index (χ1v) is 11.4. The molecule has 0 radical (unpaired) electrons. The largest absolute Gasteiger partial charge is 0.351 e. The quantitative estimate of drug-likeness (QED) is 0.584. The molecule has 2 amide bonds. The van der Waals surface area contributed by atoms with E-state index in [9.17, 15) is 9.59 Å². The van der Waals surface area contributed by atoms with Crippen LogP contribution in [-0.2, 0) is 11.2 Å². The number of rotatable bonds is 7. The third kappa shape index (κ3) is 5.19. The van der Waals surface area contributed by atoms with Gasteiger partial charge in [-0.2, -0.15) is 0 Å². The lowest BCUT2D eigenvalue weighted by molar-refractivity contribution is -0.116. The van der Waals surface area contributed by atoms with Crippen LogP contribution in [0.15, 0.2) is 66.3 Å². The molecule has 4 rings (SSSR count). The Labute approximate surface area is 181 Å². The number of carbonyl (C=O) groups excluding carboxylic acids is 2. The van der Waals surface area contributed by atoms with E-state index >= 15 is 0 Å². The fourth-order valence-corrected chi connectivity index (χ4v) is 4.72. The van der Waals surface area contributed by atoms with Crippen molar-refractivity contribution in [3.63, 3.8) is 0 Å². The molecule has 1 aromatic carbocycles. The molecule has 3 aromatic rings. The number of nitrogens with zero attached hydrogens (tertiary/aromatic N) is 2. The highest BCUT2D eigenvalue weighted by Crippen LogP contribution is 2.24. The highest BCUT2D eigenvalue weighted by Gasteiger charge is 2.24. The van der Waals surface area contributed by atoms with Crippen LogP contribution >= 0.6 is 11.3 Å². The van der Waals surface area contributed by atoms with Crippen LogP contribution in [0.4, 0.5) is 5.69 Å². The van der Waals surface area contributed by atoms with Gasteiger partial charge in [0.15, 0.2) is 0 Å². The molecule has 30 heavy (non-hydrogen) atoms. The van der Waals surface area contributed by atoms with Crippen LogP contribution < -0.4 is 5.32 Å². The summed E-state index contributed by atoms with van der Waals surface area (Å²) in [6.45, 7) is 1.50. The van der Waals surface area contributed by atoms with Gasteiger partial charge in [0.05, 0.1) is 0 Å². The van der Waals surface area contributed by atoms with Gasteiger partial charge in [0, 0.05) is 54.1 Å². The fraction of sp³-hybridized carbons (Fsp3) is 0.333. The lowest BCUT2D eigenvalue weighted by Crippen LogP contribution is -2.38. The SMILES string of the molecule is O=C(CCCc1cccs1)Nc1cccc(C(=O)N2CCC(n3cccc3)CC2)c1. The van der Waals surface area contributed by atoms with E-state index in [1.54, 1.807) is 17.4 Å². The van der Waals surface area contributed by atoms with Crippen LogP contribution in [0.2, 0.25) is 0 Å². The Morgan fingerprint density at radius 3 is 2.57 bits per heavy atom. The third-order valence-electron chi connectivity index (χ3n) is 5.60. The standard InChI is InChI=1S/C24H27N3O2S/c28-23(10-4-8-22-9-5-17-30-22)25-20-7-3-6-19(18-20)24(29)27-15-11-21(12-16-27)26-13-1-2-14-26/h1-3,5-7,9,13-14,17-18,21H,4,8,10-12,15-16H2,(H,25,28). The molecule has 1 fully saturated rings. The number of hydrogen-bond donors (Lipinski definition) is 1. The number of nitrogens with one attached hydrogen (secondary N) is 1. The molecule has 1 aliphatic heterocycles. The Hall–Kier alpha value is -2.86. The number of aromatic nitrogens is 1. The molecule has 0 spiro atoms. The zero-order valence-electron chi connectivity index (χ0n) is 17.0. The molecular formula is C24H27N3O2S. The van der Waals surface area contributed by atoms with Crippen LogP contribution in [-0.4, -0.2) is 34.4 Å². The normalized spacial score (nSPS) is 14.6. The topological polar surface area (TPSA) is 54.3 Å². The highest BCUT2D eigenvalue weighted by molar-refractivity contribution is 7.09. The second kappa shape index (κ2) is 9.76. The minimum absolute atomic E-state index is 0.0105. The summed E-state index contributed by atoms with van der Waals surface area (Å²) in [5.74, 6) is 0.0263. The summed E-state index contributed by atoms with van der Waals surface area (Å²) >= 11 is 1.72. The lowest BCUT2D eigenvalue weighted by atomic mass is 10.0. The molecule has 156 valence electrons. The molecule has 1 N–H and O–H groups in total. The van der Waals surface area contributed by atoms with Gasteiger partial charge in [0.25, 0.3) is 5.91 Å². The van der Waals surface area contributed by atoms with Crippen molar-refractivity contribution in [2.45, 2.75) is 38.1 Å². The maximum atomic E-state index is 12.9. The molecule has 2 aromatic heterocycles. The van der Waals surface area contributed by atoms with Crippen molar-refractivity contribution in [2.75, 3.05) is 18.4 Å². The molecule has 0 atom stereocenters. The van der Waals surface area contributed by atoms with E-state index in [0.29, 0.717) is 23.7 Å². The lowest BCUT2D eigenvalue weighted by Gasteiger charge is -2.33. The zero-order chi connectivity index (χ0) is 20.8. The monoisotopic (exact) mass is 421 g/mol. The predicted molar refractivity (Wildman–Crippen MR) is 121 cm³/mol. The second-order valence-electron chi connectivity index (χ2n) is 7.72. The fourth-order valence-electron chi connectivity index (χ4n) is 3.97. The van der Waals surface area contributed by atoms with Crippen LogP contribution in [0.25, 0.3) is 0 Å². The number of piperidine rings is 1. The van der Waals surface area contributed by atoms with Gasteiger partial charge in [-0.3, -0.25) is 9.59 Å². The van der Waals surface area contributed by atoms with Crippen molar-refractivity contribution in [3.8, 4) is 0 Å². The van der Waals surface area contributed by atoms with E-state index in [1.165, 1.54) is 4.88 Å². The number of hydrogen-bond acceptors (Lipinski definition) is 3. The van der Waals surface area contributed by atoms with Gasteiger partial charge < -0.3 is 14.8 Å². The maximum absolute atomic E-state index is 12.9. The first-order chi connectivity index (χ1) is 14.7. The number of thiophene rings is 1. The van der Waals surface area contributed by atoms with Crippen molar-refractivity contribution in [2.24, 2.45) is 0 Å². The Morgan fingerprint density at radius 1 is 1.03 bits per heavy atom. The summed E-state index contributed by atoms with van der Waals surface area (Å²) in [5, 5.41) is 4.99. The predicted octanol–water partition coefficient (Wildman–Crippen LogP) is 4.99. The van der Waals surface area contributed by atoms with E-state index < -0.39 is 0 Å². The number of benzene rings is 1. The van der Waals surface area contributed by atoms with Crippen LogP contribution in [0.5, 0.6) is 0 Å².